The summed E-state index contributed by atoms with van der Waals surface area (Å²) in [7, 11) is 0. The van der Waals surface area contributed by atoms with E-state index >= 15 is 0 Å². The number of hydrogen-bond acceptors (Lipinski definition) is 1. The first-order valence-electron chi connectivity index (χ1n) is 5.27. The van der Waals surface area contributed by atoms with Gasteiger partial charge < -0.3 is 5.32 Å². The molecular formula is C12H16F3N. The Morgan fingerprint density at radius 3 is 2.38 bits per heavy atom. The first kappa shape index (κ1) is 13.0. The lowest BCUT2D eigenvalue weighted by atomic mass is 9.99. The number of hydrogen-bond donors (Lipinski definition) is 1. The lowest BCUT2D eigenvalue weighted by molar-refractivity contribution is -0.137. The maximum atomic E-state index is 12.4. The molecule has 0 spiro atoms. The lowest BCUT2D eigenvalue weighted by Crippen LogP contribution is -2.19. The zero-order valence-electron chi connectivity index (χ0n) is 9.65. The third-order valence-corrected chi connectivity index (χ3v) is 2.57. The van der Waals surface area contributed by atoms with Crippen molar-refractivity contribution in [3.8, 4) is 0 Å². The quantitative estimate of drug-likeness (QED) is 0.836. The predicted molar refractivity (Wildman–Crippen MR) is 58.3 cm³/mol. The first-order chi connectivity index (χ1) is 7.36. The van der Waals surface area contributed by atoms with Crippen molar-refractivity contribution in [2.75, 3.05) is 6.54 Å². The van der Waals surface area contributed by atoms with Gasteiger partial charge in [0.05, 0.1) is 5.56 Å². The number of rotatable bonds is 3. The van der Waals surface area contributed by atoms with Crippen molar-refractivity contribution >= 4 is 0 Å². The molecule has 1 aromatic rings. The molecule has 0 aromatic heterocycles. The van der Waals surface area contributed by atoms with Gasteiger partial charge in [-0.2, -0.15) is 13.2 Å². The minimum Gasteiger partial charge on any atom is -0.310 e. The molecule has 16 heavy (non-hydrogen) atoms. The van der Waals surface area contributed by atoms with Crippen molar-refractivity contribution < 1.29 is 13.2 Å². The van der Waals surface area contributed by atoms with Gasteiger partial charge in [-0.05, 0) is 43.7 Å². The first-order valence-corrected chi connectivity index (χ1v) is 5.27. The van der Waals surface area contributed by atoms with E-state index in [-0.39, 0.29) is 6.04 Å². The molecule has 0 saturated heterocycles. The summed E-state index contributed by atoms with van der Waals surface area (Å²) in [5.74, 6) is 0. The largest absolute Gasteiger partial charge is 0.416 e. The van der Waals surface area contributed by atoms with Crippen molar-refractivity contribution in [1.29, 1.82) is 0 Å². The third-order valence-electron chi connectivity index (χ3n) is 2.57. The van der Waals surface area contributed by atoms with Crippen LogP contribution in [-0.4, -0.2) is 6.54 Å². The van der Waals surface area contributed by atoms with Crippen LogP contribution in [-0.2, 0) is 6.18 Å². The zero-order valence-corrected chi connectivity index (χ0v) is 9.65. The molecule has 0 bridgehead atoms. The predicted octanol–water partition coefficient (Wildman–Crippen LogP) is 3.68. The Balaban J connectivity index is 3.00. The summed E-state index contributed by atoms with van der Waals surface area (Å²) in [6.07, 6.45) is -4.26. The van der Waals surface area contributed by atoms with Crippen LogP contribution < -0.4 is 5.32 Å². The molecular weight excluding hydrogens is 215 g/mol. The summed E-state index contributed by atoms with van der Waals surface area (Å²) in [5.41, 5.74) is 0.996. The fraction of sp³-hybridized carbons (Fsp3) is 0.500. The third kappa shape index (κ3) is 2.98. The molecule has 0 unspecified atom stereocenters. The fourth-order valence-corrected chi connectivity index (χ4v) is 1.75. The van der Waals surface area contributed by atoms with Gasteiger partial charge in [0.2, 0.25) is 0 Å². The van der Waals surface area contributed by atoms with E-state index in [1.54, 1.807) is 13.0 Å². The molecule has 90 valence electrons. The van der Waals surface area contributed by atoms with Crippen LogP contribution >= 0.6 is 0 Å². The molecule has 1 nitrogen and oxygen atoms in total. The molecule has 1 rings (SSSR count). The van der Waals surface area contributed by atoms with Crippen LogP contribution in [0.2, 0.25) is 0 Å². The van der Waals surface area contributed by atoms with Crippen molar-refractivity contribution in [1.82, 2.24) is 5.32 Å². The van der Waals surface area contributed by atoms with Crippen LogP contribution in [0.5, 0.6) is 0 Å². The summed E-state index contributed by atoms with van der Waals surface area (Å²) in [6.45, 7) is 6.41. The SMILES string of the molecule is CCN[C@H](C)c1ccc(C(F)(F)F)cc1C. The van der Waals surface area contributed by atoms with Crippen molar-refractivity contribution in [3.63, 3.8) is 0 Å². The standard InChI is InChI=1S/C12H16F3N/c1-4-16-9(3)11-6-5-10(7-8(11)2)12(13,14)15/h5-7,9,16H,4H2,1-3H3/t9-/m1/s1. The minimum atomic E-state index is -4.26. The molecule has 1 atom stereocenters. The number of nitrogens with one attached hydrogen (secondary N) is 1. The van der Waals surface area contributed by atoms with Crippen LogP contribution in [0, 0.1) is 6.92 Å². The summed E-state index contributed by atoms with van der Waals surface area (Å²) >= 11 is 0. The van der Waals surface area contributed by atoms with Crippen LogP contribution in [0.3, 0.4) is 0 Å². The number of halogens is 3. The van der Waals surface area contributed by atoms with Gasteiger partial charge in [-0.3, -0.25) is 0 Å². The van der Waals surface area contributed by atoms with Crippen LogP contribution in [0.25, 0.3) is 0 Å². The summed E-state index contributed by atoms with van der Waals surface area (Å²) < 4.78 is 37.3. The maximum absolute atomic E-state index is 12.4. The Morgan fingerprint density at radius 2 is 1.94 bits per heavy atom. The fourth-order valence-electron chi connectivity index (χ4n) is 1.75. The topological polar surface area (TPSA) is 12.0 Å². The van der Waals surface area contributed by atoms with Crippen LogP contribution in [0.4, 0.5) is 13.2 Å². The smallest absolute Gasteiger partial charge is 0.310 e. The summed E-state index contributed by atoms with van der Waals surface area (Å²) in [6, 6.07) is 3.96. The number of benzene rings is 1. The Morgan fingerprint density at radius 1 is 1.31 bits per heavy atom. The highest BCUT2D eigenvalue weighted by atomic mass is 19.4. The highest BCUT2D eigenvalue weighted by molar-refractivity contribution is 5.34. The molecule has 0 saturated carbocycles. The number of alkyl halides is 3. The Labute approximate surface area is 93.7 Å². The second-order valence-electron chi connectivity index (χ2n) is 3.85. The summed E-state index contributed by atoms with van der Waals surface area (Å²) in [5, 5.41) is 3.18. The van der Waals surface area contributed by atoms with Gasteiger partial charge >= 0.3 is 6.18 Å². The van der Waals surface area contributed by atoms with Crippen molar-refractivity contribution in [2.24, 2.45) is 0 Å². The van der Waals surface area contributed by atoms with E-state index in [2.05, 4.69) is 5.32 Å². The van der Waals surface area contributed by atoms with Gasteiger partial charge in [0.1, 0.15) is 0 Å². The molecule has 4 heteroatoms. The molecule has 0 aliphatic carbocycles. The second-order valence-corrected chi connectivity index (χ2v) is 3.85. The average molecular weight is 231 g/mol. The molecule has 0 aliphatic rings. The van der Waals surface area contributed by atoms with Crippen molar-refractivity contribution in [3.05, 3.63) is 34.9 Å². The van der Waals surface area contributed by atoms with Crippen molar-refractivity contribution in [2.45, 2.75) is 33.0 Å². The zero-order chi connectivity index (χ0) is 12.3. The van der Waals surface area contributed by atoms with E-state index in [1.807, 2.05) is 13.8 Å². The molecule has 0 heterocycles. The van der Waals surface area contributed by atoms with E-state index in [0.717, 1.165) is 18.2 Å². The van der Waals surface area contributed by atoms with E-state index < -0.39 is 11.7 Å². The van der Waals surface area contributed by atoms with Gasteiger partial charge in [0.25, 0.3) is 0 Å². The Bertz CT molecular complexity index is 358. The van der Waals surface area contributed by atoms with Gasteiger partial charge in [0, 0.05) is 6.04 Å². The van der Waals surface area contributed by atoms with Gasteiger partial charge in [-0.25, -0.2) is 0 Å². The molecule has 1 aromatic carbocycles. The van der Waals surface area contributed by atoms with E-state index in [4.69, 9.17) is 0 Å². The van der Waals surface area contributed by atoms with E-state index in [1.165, 1.54) is 6.07 Å². The van der Waals surface area contributed by atoms with Crippen LogP contribution in [0.1, 0.15) is 36.6 Å². The number of aryl methyl sites for hydroxylation is 1. The van der Waals surface area contributed by atoms with Crippen LogP contribution in [0.15, 0.2) is 18.2 Å². The lowest BCUT2D eigenvalue weighted by Gasteiger charge is -2.17. The molecule has 0 amide bonds. The summed E-state index contributed by atoms with van der Waals surface area (Å²) in [4.78, 5) is 0. The van der Waals surface area contributed by atoms with Gasteiger partial charge in [0.15, 0.2) is 0 Å². The van der Waals surface area contributed by atoms with E-state index in [9.17, 15) is 13.2 Å². The monoisotopic (exact) mass is 231 g/mol. The normalized spacial score (nSPS) is 13.9. The van der Waals surface area contributed by atoms with Gasteiger partial charge in [-0.15, -0.1) is 0 Å². The molecule has 0 radical (unpaired) electrons. The van der Waals surface area contributed by atoms with Gasteiger partial charge in [-0.1, -0.05) is 13.0 Å². The Hall–Kier alpha value is -1.03. The Kier molecular flexibility index (Phi) is 3.97. The molecule has 0 aliphatic heterocycles. The molecule has 1 N–H and O–H groups in total. The van der Waals surface area contributed by atoms with E-state index in [0.29, 0.717) is 5.56 Å². The molecule has 0 fully saturated rings. The highest BCUT2D eigenvalue weighted by Gasteiger charge is 2.30. The second kappa shape index (κ2) is 4.87. The average Bonchev–Trinajstić information content (AvgIpc) is 2.16. The highest BCUT2D eigenvalue weighted by Crippen LogP contribution is 2.31. The maximum Gasteiger partial charge on any atom is 0.416 e. The minimum absolute atomic E-state index is 0.0762.